The third-order valence-electron chi connectivity index (χ3n) is 3.24. The van der Waals surface area contributed by atoms with Gasteiger partial charge in [0.1, 0.15) is 5.75 Å². The van der Waals surface area contributed by atoms with E-state index in [0.717, 1.165) is 12.0 Å². The maximum atomic E-state index is 12.1. The summed E-state index contributed by atoms with van der Waals surface area (Å²) in [6.45, 7) is 2.62. The van der Waals surface area contributed by atoms with Crippen molar-refractivity contribution < 1.29 is 18.3 Å². The third-order valence-corrected chi connectivity index (χ3v) is 3.24. The van der Waals surface area contributed by atoms with E-state index < -0.39 is 12.2 Å². The fourth-order valence-electron chi connectivity index (χ4n) is 2.02. The number of nitrogens with two attached hydrogens (primary N) is 1. The predicted octanol–water partition coefficient (Wildman–Crippen LogP) is 2.98. The van der Waals surface area contributed by atoms with Crippen molar-refractivity contribution in [1.29, 1.82) is 0 Å². The van der Waals surface area contributed by atoms with E-state index in [0.29, 0.717) is 6.42 Å². The van der Waals surface area contributed by atoms with Crippen LogP contribution >= 0.6 is 0 Å². The van der Waals surface area contributed by atoms with Crippen molar-refractivity contribution >= 4 is 5.91 Å². The van der Waals surface area contributed by atoms with Crippen LogP contribution in [0, 0.1) is 0 Å². The second-order valence-electron chi connectivity index (χ2n) is 5.31. The van der Waals surface area contributed by atoms with Gasteiger partial charge in [-0.2, -0.15) is 8.78 Å². The van der Waals surface area contributed by atoms with Crippen molar-refractivity contribution in [3.8, 4) is 5.75 Å². The number of carbonyl (C=O) groups excluding carboxylic acids is 1. The molecule has 6 heteroatoms. The average molecular weight is 300 g/mol. The number of hydrogen-bond acceptors (Lipinski definition) is 3. The lowest BCUT2D eigenvalue weighted by Crippen LogP contribution is -2.52. The second kappa shape index (κ2) is 7.36. The fraction of sp³-hybridized carbons (Fsp3) is 0.533. The van der Waals surface area contributed by atoms with E-state index in [9.17, 15) is 13.6 Å². The van der Waals surface area contributed by atoms with Gasteiger partial charge >= 0.3 is 6.61 Å². The smallest absolute Gasteiger partial charge is 0.387 e. The lowest BCUT2D eigenvalue weighted by Gasteiger charge is -2.25. The Hall–Kier alpha value is -1.69. The molecule has 4 nitrogen and oxygen atoms in total. The van der Waals surface area contributed by atoms with Crippen LogP contribution in [0.25, 0.3) is 0 Å². The molecular formula is C15H22F2N2O2. The van der Waals surface area contributed by atoms with Gasteiger partial charge in [-0.1, -0.05) is 25.5 Å². The topological polar surface area (TPSA) is 64.4 Å². The molecule has 2 unspecified atom stereocenters. The molecule has 1 aromatic rings. The molecule has 118 valence electrons. The standard InChI is InChI=1S/C15H22F2N2O2/c1-4-9-15(3,18)13(20)19-10(2)11-5-7-12(8-6-11)21-14(16)17/h5-8,10,14H,4,9,18H2,1-3H3,(H,19,20). The summed E-state index contributed by atoms with van der Waals surface area (Å²) in [5.41, 5.74) is 5.83. The van der Waals surface area contributed by atoms with Gasteiger partial charge in [0, 0.05) is 0 Å². The highest BCUT2D eigenvalue weighted by molar-refractivity contribution is 5.85. The lowest BCUT2D eigenvalue weighted by atomic mass is 9.95. The van der Waals surface area contributed by atoms with Gasteiger partial charge in [0.15, 0.2) is 0 Å². The predicted molar refractivity (Wildman–Crippen MR) is 77.1 cm³/mol. The number of carbonyl (C=O) groups is 1. The minimum atomic E-state index is -2.85. The highest BCUT2D eigenvalue weighted by atomic mass is 19.3. The first-order valence-electron chi connectivity index (χ1n) is 6.91. The molecule has 1 rings (SSSR count). The molecule has 0 heterocycles. The number of alkyl halides is 2. The molecule has 0 aliphatic carbocycles. The molecule has 0 radical (unpaired) electrons. The molecule has 0 saturated carbocycles. The molecule has 0 aromatic heterocycles. The monoisotopic (exact) mass is 300 g/mol. The molecule has 0 saturated heterocycles. The zero-order valence-electron chi connectivity index (χ0n) is 12.5. The van der Waals surface area contributed by atoms with Crippen LogP contribution in [-0.2, 0) is 4.79 Å². The normalized spacial score (nSPS) is 15.4. The van der Waals surface area contributed by atoms with Crippen LogP contribution in [0.3, 0.4) is 0 Å². The Balaban J connectivity index is 2.67. The Morgan fingerprint density at radius 3 is 2.43 bits per heavy atom. The minimum Gasteiger partial charge on any atom is -0.435 e. The van der Waals surface area contributed by atoms with Crippen molar-refractivity contribution in [2.75, 3.05) is 0 Å². The molecule has 1 amide bonds. The van der Waals surface area contributed by atoms with Crippen LogP contribution in [0.2, 0.25) is 0 Å². The SMILES string of the molecule is CCCC(C)(N)C(=O)NC(C)c1ccc(OC(F)F)cc1. The van der Waals surface area contributed by atoms with Gasteiger partial charge in [0.2, 0.25) is 5.91 Å². The summed E-state index contributed by atoms with van der Waals surface area (Å²) in [6.07, 6.45) is 1.40. The number of nitrogens with one attached hydrogen (secondary N) is 1. The molecule has 2 atom stereocenters. The largest absolute Gasteiger partial charge is 0.435 e. The van der Waals surface area contributed by atoms with Crippen molar-refractivity contribution in [2.45, 2.75) is 51.8 Å². The van der Waals surface area contributed by atoms with E-state index in [-0.39, 0.29) is 17.7 Å². The summed E-state index contributed by atoms with van der Waals surface area (Å²) < 4.78 is 28.4. The van der Waals surface area contributed by atoms with Crippen LogP contribution in [0.15, 0.2) is 24.3 Å². The van der Waals surface area contributed by atoms with Crippen molar-refractivity contribution in [3.05, 3.63) is 29.8 Å². The molecule has 0 bridgehead atoms. The Morgan fingerprint density at radius 1 is 1.38 bits per heavy atom. The molecular weight excluding hydrogens is 278 g/mol. The maximum absolute atomic E-state index is 12.1. The molecule has 0 aliphatic rings. The maximum Gasteiger partial charge on any atom is 0.387 e. The summed E-state index contributed by atoms with van der Waals surface area (Å²) in [7, 11) is 0. The fourth-order valence-corrected chi connectivity index (χ4v) is 2.02. The summed E-state index contributed by atoms with van der Waals surface area (Å²) in [5, 5.41) is 2.83. The second-order valence-corrected chi connectivity index (χ2v) is 5.31. The molecule has 1 aromatic carbocycles. The van der Waals surface area contributed by atoms with Crippen LogP contribution in [0.1, 0.15) is 45.2 Å². The first-order chi connectivity index (χ1) is 9.76. The first-order valence-corrected chi connectivity index (χ1v) is 6.91. The van der Waals surface area contributed by atoms with Crippen LogP contribution in [-0.4, -0.2) is 18.1 Å². The Morgan fingerprint density at radius 2 is 1.95 bits per heavy atom. The van der Waals surface area contributed by atoms with Gasteiger partial charge in [-0.05, 0) is 38.0 Å². The van der Waals surface area contributed by atoms with E-state index in [1.54, 1.807) is 19.1 Å². The van der Waals surface area contributed by atoms with E-state index >= 15 is 0 Å². The van der Waals surface area contributed by atoms with Crippen molar-refractivity contribution in [3.63, 3.8) is 0 Å². The van der Waals surface area contributed by atoms with E-state index in [2.05, 4.69) is 10.1 Å². The van der Waals surface area contributed by atoms with Crippen LogP contribution in [0.4, 0.5) is 8.78 Å². The van der Waals surface area contributed by atoms with Gasteiger partial charge in [-0.25, -0.2) is 0 Å². The van der Waals surface area contributed by atoms with Gasteiger partial charge in [0.25, 0.3) is 0 Å². The van der Waals surface area contributed by atoms with Crippen LogP contribution < -0.4 is 15.8 Å². The third kappa shape index (κ3) is 5.30. The molecule has 0 fully saturated rings. The average Bonchev–Trinajstić information content (AvgIpc) is 2.38. The van der Waals surface area contributed by atoms with Crippen LogP contribution in [0.5, 0.6) is 5.75 Å². The van der Waals surface area contributed by atoms with E-state index in [1.807, 2.05) is 13.8 Å². The number of rotatable bonds is 7. The Bertz CT molecular complexity index is 461. The summed E-state index contributed by atoms with van der Waals surface area (Å²) in [5.74, 6) is -0.147. The zero-order valence-corrected chi connectivity index (χ0v) is 12.5. The van der Waals surface area contributed by atoms with Gasteiger partial charge < -0.3 is 15.8 Å². The summed E-state index contributed by atoms with van der Waals surface area (Å²) in [4.78, 5) is 12.1. The quantitative estimate of drug-likeness (QED) is 0.813. The number of amides is 1. The Kier molecular flexibility index (Phi) is 6.08. The summed E-state index contributed by atoms with van der Waals surface area (Å²) in [6, 6.07) is 5.89. The van der Waals surface area contributed by atoms with Gasteiger partial charge in [-0.3, -0.25) is 4.79 Å². The van der Waals surface area contributed by atoms with E-state index in [4.69, 9.17) is 5.73 Å². The van der Waals surface area contributed by atoms with E-state index in [1.165, 1.54) is 12.1 Å². The number of hydrogen-bond donors (Lipinski definition) is 2. The van der Waals surface area contributed by atoms with Crippen molar-refractivity contribution in [2.24, 2.45) is 5.73 Å². The molecule has 3 N–H and O–H groups in total. The number of halogens is 2. The lowest BCUT2D eigenvalue weighted by molar-refractivity contribution is -0.126. The van der Waals surface area contributed by atoms with Gasteiger partial charge in [-0.15, -0.1) is 0 Å². The zero-order chi connectivity index (χ0) is 16.0. The van der Waals surface area contributed by atoms with Gasteiger partial charge in [0.05, 0.1) is 11.6 Å². The molecule has 0 aliphatic heterocycles. The highest BCUT2D eigenvalue weighted by Crippen LogP contribution is 2.20. The first kappa shape index (κ1) is 17.4. The molecule has 0 spiro atoms. The van der Waals surface area contributed by atoms with Crippen molar-refractivity contribution in [1.82, 2.24) is 5.32 Å². The number of benzene rings is 1. The summed E-state index contributed by atoms with van der Waals surface area (Å²) >= 11 is 0. The highest BCUT2D eigenvalue weighted by Gasteiger charge is 2.28. The molecule has 21 heavy (non-hydrogen) atoms. The number of ether oxygens (including phenoxy) is 1. The minimum absolute atomic E-state index is 0.0851. The Labute approximate surface area is 123 Å².